The maximum atomic E-state index is 11.8. The molecule has 2 aromatic rings. The van der Waals surface area contributed by atoms with Crippen LogP contribution in [0.1, 0.15) is 17.3 Å². The summed E-state index contributed by atoms with van der Waals surface area (Å²) in [6.45, 7) is 1.98. The minimum absolute atomic E-state index is 0. The Kier molecular flexibility index (Phi) is 5.17. The molecule has 2 N–H and O–H groups in total. The second-order valence-corrected chi connectivity index (χ2v) is 5.66. The molecule has 7 heteroatoms. The predicted molar refractivity (Wildman–Crippen MR) is 82.7 cm³/mol. The van der Waals surface area contributed by atoms with Crippen LogP contribution >= 0.6 is 23.7 Å². The number of carbonyl (C=O) groups excluding carboxylic acids is 1. The first-order valence-electron chi connectivity index (χ1n) is 6.39. The van der Waals surface area contributed by atoms with Crippen LogP contribution in [0.4, 0.5) is 5.82 Å². The largest absolute Gasteiger partial charge is 0.315 e. The Labute approximate surface area is 127 Å². The van der Waals surface area contributed by atoms with Gasteiger partial charge in [-0.3, -0.25) is 9.48 Å². The van der Waals surface area contributed by atoms with E-state index in [1.807, 2.05) is 34.5 Å². The van der Waals surface area contributed by atoms with E-state index in [0.717, 1.165) is 24.4 Å². The van der Waals surface area contributed by atoms with Crippen LogP contribution in [-0.2, 0) is 11.2 Å². The normalized spacial score (nSPS) is 17.7. The second-order valence-electron chi connectivity index (χ2n) is 4.63. The van der Waals surface area contributed by atoms with Gasteiger partial charge in [0, 0.05) is 23.7 Å². The van der Waals surface area contributed by atoms with Gasteiger partial charge in [-0.2, -0.15) is 5.10 Å². The summed E-state index contributed by atoms with van der Waals surface area (Å²) in [6, 6.07) is 6.18. The molecule has 0 saturated carbocycles. The van der Waals surface area contributed by atoms with Crippen LogP contribution < -0.4 is 10.6 Å². The molecule has 108 valence electrons. The Morgan fingerprint density at radius 1 is 1.55 bits per heavy atom. The smallest absolute Gasteiger partial charge is 0.230 e. The summed E-state index contributed by atoms with van der Waals surface area (Å²) in [6.07, 6.45) is 3.43. The van der Waals surface area contributed by atoms with Crippen molar-refractivity contribution in [2.45, 2.75) is 18.9 Å². The molecule has 1 saturated heterocycles. The van der Waals surface area contributed by atoms with E-state index >= 15 is 0 Å². The number of amides is 1. The maximum absolute atomic E-state index is 11.8. The molecule has 1 aliphatic heterocycles. The Balaban J connectivity index is 0.00000147. The number of rotatable bonds is 4. The molecule has 0 aromatic carbocycles. The molecule has 2 aromatic heterocycles. The van der Waals surface area contributed by atoms with Crippen molar-refractivity contribution in [3.05, 3.63) is 34.7 Å². The van der Waals surface area contributed by atoms with Gasteiger partial charge in [0.05, 0.1) is 12.5 Å². The number of halogens is 1. The molecule has 3 rings (SSSR count). The maximum Gasteiger partial charge on any atom is 0.230 e. The topological polar surface area (TPSA) is 59.0 Å². The standard InChI is InChI=1S/C13H16N4OS.ClH/c18-13(8-11-2-1-7-19-11)15-12-4-6-17(16-12)10-3-5-14-9-10;/h1-2,4,6-7,10,14H,3,5,8-9H2,(H,15,16,18);1H. The number of nitrogens with one attached hydrogen (secondary N) is 2. The van der Waals surface area contributed by atoms with Gasteiger partial charge in [0.1, 0.15) is 0 Å². The number of anilines is 1. The highest BCUT2D eigenvalue weighted by molar-refractivity contribution is 7.10. The minimum atomic E-state index is -0.0164. The monoisotopic (exact) mass is 312 g/mol. The van der Waals surface area contributed by atoms with Crippen molar-refractivity contribution in [2.24, 2.45) is 0 Å². The average Bonchev–Trinajstić information content (AvgIpc) is 3.09. The molecule has 1 atom stereocenters. The minimum Gasteiger partial charge on any atom is -0.315 e. The van der Waals surface area contributed by atoms with Gasteiger partial charge >= 0.3 is 0 Å². The fraction of sp³-hybridized carbons (Fsp3) is 0.385. The van der Waals surface area contributed by atoms with Gasteiger partial charge in [-0.15, -0.1) is 23.7 Å². The Hall–Kier alpha value is -1.37. The molecule has 0 radical (unpaired) electrons. The van der Waals surface area contributed by atoms with Gasteiger partial charge in [0.15, 0.2) is 5.82 Å². The van der Waals surface area contributed by atoms with E-state index in [-0.39, 0.29) is 18.3 Å². The highest BCUT2D eigenvalue weighted by atomic mass is 35.5. The summed E-state index contributed by atoms with van der Waals surface area (Å²) in [5.74, 6) is 0.616. The molecule has 1 aliphatic rings. The quantitative estimate of drug-likeness (QED) is 0.909. The summed E-state index contributed by atoms with van der Waals surface area (Å²) < 4.78 is 1.93. The van der Waals surface area contributed by atoms with E-state index in [1.165, 1.54) is 0 Å². The molecule has 5 nitrogen and oxygen atoms in total. The van der Waals surface area contributed by atoms with Crippen molar-refractivity contribution in [1.29, 1.82) is 0 Å². The van der Waals surface area contributed by atoms with E-state index in [9.17, 15) is 4.79 Å². The van der Waals surface area contributed by atoms with Crippen molar-refractivity contribution in [2.75, 3.05) is 18.4 Å². The number of thiophene rings is 1. The van der Waals surface area contributed by atoms with E-state index in [4.69, 9.17) is 0 Å². The molecular formula is C13H17ClN4OS. The number of nitrogens with zero attached hydrogens (tertiary/aromatic N) is 2. The molecule has 0 spiro atoms. The number of hydrogen-bond donors (Lipinski definition) is 2. The molecule has 1 unspecified atom stereocenters. The van der Waals surface area contributed by atoms with E-state index in [2.05, 4.69) is 15.7 Å². The van der Waals surface area contributed by atoms with Crippen LogP contribution in [0.5, 0.6) is 0 Å². The third-order valence-electron chi connectivity index (χ3n) is 3.20. The lowest BCUT2D eigenvalue weighted by molar-refractivity contribution is -0.115. The zero-order valence-electron chi connectivity index (χ0n) is 10.9. The van der Waals surface area contributed by atoms with Crippen LogP contribution in [0, 0.1) is 0 Å². The van der Waals surface area contributed by atoms with Crippen LogP contribution in [-0.4, -0.2) is 28.8 Å². The van der Waals surface area contributed by atoms with Gasteiger partial charge in [-0.1, -0.05) is 6.07 Å². The first kappa shape index (κ1) is 15.0. The lowest BCUT2D eigenvalue weighted by Gasteiger charge is -2.08. The van der Waals surface area contributed by atoms with Gasteiger partial charge in [-0.05, 0) is 24.4 Å². The molecule has 1 fully saturated rings. The van der Waals surface area contributed by atoms with E-state index in [1.54, 1.807) is 11.3 Å². The SMILES string of the molecule is Cl.O=C(Cc1cccs1)Nc1ccn(C2CCNC2)n1. The van der Waals surface area contributed by atoms with Crippen LogP contribution in [0.15, 0.2) is 29.8 Å². The average molecular weight is 313 g/mol. The zero-order valence-corrected chi connectivity index (χ0v) is 12.5. The summed E-state index contributed by atoms with van der Waals surface area (Å²) >= 11 is 1.59. The Bertz CT molecular complexity index is 548. The molecule has 20 heavy (non-hydrogen) atoms. The van der Waals surface area contributed by atoms with Crippen LogP contribution in [0.25, 0.3) is 0 Å². The van der Waals surface area contributed by atoms with Crippen molar-refractivity contribution in [3.63, 3.8) is 0 Å². The zero-order chi connectivity index (χ0) is 13.1. The lowest BCUT2D eigenvalue weighted by atomic mass is 10.3. The predicted octanol–water partition coefficient (Wildman–Crippen LogP) is 2.08. The third-order valence-corrected chi connectivity index (χ3v) is 4.08. The van der Waals surface area contributed by atoms with E-state index in [0.29, 0.717) is 18.3 Å². The van der Waals surface area contributed by atoms with Crippen LogP contribution in [0.2, 0.25) is 0 Å². The van der Waals surface area contributed by atoms with Gasteiger partial charge in [0.25, 0.3) is 0 Å². The summed E-state index contributed by atoms with van der Waals surface area (Å²) in [5, 5.41) is 12.5. The summed E-state index contributed by atoms with van der Waals surface area (Å²) in [7, 11) is 0. The fourth-order valence-corrected chi connectivity index (χ4v) is 2.94. The van der Waals surface area contributed by atoms with Crippen molar-refractivity contribution >= 4 is 35.5 Å². The number of hydrogen-bond acceptors (Lipinski definition) is 4. The van der Waals surface area contributed by atoms with E-state index < -0.39 is 0 Å². The summed E-state index contributed by atoms with van der Waals surface area (Å²) in [5.41, 5.74) is 0. The molecular weight excluding hydrogens is 296 g/mol. The molecule has 0 bridgehead atoms. The first-order valence-corrected chi connectivity index (χ1v) is 7.27. The van der Waals surface area contributed by atoms with Gasteiger partial charge < -0.3 is 10.6 Å². The molecule has 0 aliphatic carbocycles. The molecule has 1 amide bonds. The van der Waals surface area contributed by atoms with Gasteiger partial charge in [0.2, 0.25) is 5.91 Å². The highest BCUT2D eigenvalue weighted by Gasteiger charge is 2.17. The fourth-order valence-electron chi connectivity index (χ4n) is 2.23. The van der Waals surface area contributed by atoms with Gasteiger partial charge in [-0.25, -0.2) is 0 Å². The first-order chi connectivity index (χ1) is 9.31. The number of carbonyl (C=O) groups is 1. The lowest BCUT2D eigenvalue weighted by Crippen LogP contribution is -2.16. The Morgan fingerprint density at radius 3 is 3.15 bits per heavy atom. The van der Waals surface area contributed by atoms with Crippen LogP contribution in [0.3, 0.4) is 0 Å². The second kappa shape index (κ2) is 6.88. The van der Waals surface area contributed by atoms with Crippen molar-refractivity contribution in [1.82, 2.24) is 15.1 Å². The number of aromatic nitrogens is 2. The summed E-state index contributed by atoms with van der Waals surface area (Å²) in [4.78, 5) is 12.9. The third kappa shape index (κ3) is 3.59. The Morgan fingerprint density at radius 2 is 2.45 bits per heavy atom. The van der Waals surface area contributed by atoms with Crippen molar-refractivity contribution < 1.29 is 4.79 Å². The highest BCUT2D eigenvalue weighted by Crippen LogP contribution is 2.16. The van der Waals surface area contributed by atoms with Crippen molar-refractivity contribution in [3.8, 4) is 0 Å². The molecule has 3 heterocycles.